The van der Waals surface area contributed by atoms with Crippen molar-refractivity contribution in [3.63, 3.8) is 0 Å². The number of nitrogens with zero attached hydrogens (tertiary/aromatic N) is 1. The minimum atomic E-state index is -0.568. The van der Waals surface area contributed by atoms with Crippen molar-refractivity contribution in [2.24, 2.45) is 0 Å². The molecule has 0 spiro atoms. The average molecular weight is 330 g/mol. The smallest absolute Gasteiger partial charge is 0.330 e. The lowest BCUT2D eigenvalue weighted by atomic mass is 10.1. The summed E-state index contributed by atoms with van der Waals surface area (Å²) in [6.45, 7) is 1.91. The van der Waals surface area contributed by atoms with Crippen LogP contribution in [0.3, 0.4) is 0 Å². The quantitative estimate of drug-likeness (QED) is 0.359. The van der Waals surface area contributed by atoms with Crippen molar-refractivity contribution in [3.05, 3.63) is 38.4 Å². The van der Waals surface area contributed by atoms with Crippen LogP contribution in [0.2, 0.25) is 0 Å². The minimum Gasteiger partial charge on any atom is -0.496 e. The molecule has 1 rings (SSSR count). The van der Waals surface area contributed by atoms with E-state index in [1.54, 1.807) is 13.0 Å². The number of rotatable bonds is 5. The Morgan fingerprint density at radius 1 is 1.53 bits per heavy atom. The molecule has 0 atom stereocenters. The molecule has 6 nitrogen and oxygen atoms in total. The number of methoxy groups -OCH3 is 1. The first-order valence-corrected chi connectivity index (χ1v) is 6.15. The van der Waals surface area contributed by atoms with Crippen LogP contribution < -0.4 is 4.74 Å². The van der Waals surface area contributed by atoms with Gasteiger partial charge in [-0.3, -0.25) is 10.1 Å². The summed E-state index contributed by atoms with van der Waals surface area (Å²) in [7, 11) is 1.40. The molecule has 19 heavy (non-hydrogen) atoms. The van der Waals surface area contributed by atoms with Crippen molar-refractivity contribution >= 4 is 33.7 Å². The van der Waals surface area contributed by atoms with Crippen molar-refractivity contribution in [1.29, 1.82) is 0 Å². The normalized spacial score (nSPS) is 10.5. The van der Waals surface area contributed by atoms with Gasteiger partial charge in [0.15, 0.2) is 0 Å². The van der Waals surface area contributed by atoms with Gasteiger partial charge in [-0.25, -0.2) is 4.79 Å². The highest BCUT2D eigenvalue weighted by Crippen LogP contribution is 2.33. The van der Waals surface area contributed by atoms with Crippen LogP contribution in [0, 0.1) is 10.1 Å². The zero-order chi connectivity index (χ0) is 14.4. The Morgan fingerprint density at radius 2 is 2.21 bits per heavy atom. The van der Waals surface area contributed by atoms with Crippen molar-refractivity contribution in [3.8, 4) is 5.75 Å². The molecule has 0 amide bonds. The lowest BCUT2D eigenvalue weighted by Gasteiger charge is -2.06. The van der Waals surface area contributed by atoms with E-state index < -0.39 is 10.9 Å². The Labute approximate surface area is 118 Å². The van der Waals surface area contributed by atoms with Crippen LogP contribution in [0.4, 0.5) is 5.69 Å². The molecule has 0 bridgehead atoms. The summed E-state index contributed by atoms with van der Waals surface area (Å²) < 4.78 is 10.3. The highest BCUT2D eigenvalue weighted by molar-refractivity contribution is 9.10. The minimum absolute atomic E-state index is 0.160. The third kappa shape index (κ3) is 4.06. The van der Waals surface area contributed by atoms with Crippen LogP contribution in [0.25, 0.3) is 6.08 Å². The Bertz CT molecular complexity index is 527. The number of carbonyl (C=O) groups excluding carboxylic acids is 1. The van der Waals surface area contributed by atoms with Crippen molar-refractivity contribution in [1.82, 2.24) is 0 Å². The molecule has 1 aromatic carbocycles. The zero-order valence-corrected chi connectivity index (χ0v) is 12.0. The van der Waals surface area contributed by atoms with Crippen LogP contribution in [0.15, 0.2) is 22.7 Å². The maximum atomic E-state index is 11.2. The molecule has 0 unspecified atom stereocenters. The first-order chi connectivity index (χ1) is 8.99. The number of benzene rings is 1. The summed E-state index contributed by atoms with van der Waals surface area (Å²) in [6, 6.07) is 2.92. The van der Waals surface area contributed by atoms with E-state index >= 15 is 0 Å². The average Bonchev–Trinajstić information content (AvgIpc) is 2.36. The molecule has 0 radical (unpaired) electrons. The summed E-state index contributed by atoms with van der Waals surface area (Å²) in [4.78, 5) is 21.7. The largest absolute Gasteiger partial charge is 0.496 e. The number of esters is 1. The number of nitro groups is 1. The molecule has 0 aromatic heterocycles. The van der Waals surface area contributed by atoms with E-state index in [2.05, 4.69) is 15.9 Å². The second-order valence-electron chi connectivity index (χ2n) is 3.38. The van der Waals surface area contributed by atoms with Crippen LogP contribution >= 0.6 is 15.9 Å². The highest BCUT2D eigenvalue weighted by Gasteiger charge is 2.18. The lowest BCUT2D eigenvalue weighted by Crippen LogP contribution is -2.00. The summed E-state index contributed by atoms with van der Waals surface area (Å²) in [5, 5.41) is 11.0. The topological polar surface area (TPSA) is 78.7 Å². The number of ether oxygens (including phenoxy) is 2. The second kappa shape index (κ2) is 6.89. The molecular weight excluding hydrogens is 318 g/mol. The van der Waals surface area contributed by atoms with E-state index in [1.165, 1.54) is 19.3 Å². The molecule has 0 aliphatic rings. The molecule has 1 aromatic rings. The number of nitro benzene ring substituents is 1. The fourth-order valence-corrected chi connectivity index (χ4v) is 1.83. The Morgan fingerprint density at radius 3 is 2.74 bits per heavy atom. The first kappa shape index (κ1) is 15.2. The fourth-order valence-electron chi connectivity index (χ4n) is 1.41. The van der Waals surface area contributed by atoms with Crippen molar-refractivity contribution in [2.75, 3.05) is 13.7 Å². The van der Waals surface area contributed by atoms with Crippen molar-refractivity contribution in [2.45, 2.75) is 6.92 Å². The zero-order valence-electron chi connectivity index (χ0n) is 10.4. The van der Waals surface area contributed by atoms with Gasteiger partial charge in [0.1, 0.15) is 5.75 Å². The third-order valence-electron chi connectivity index (χ3n) is 2.17. The predicted octanol–water partition coefficient (Wildman–Crippen LogP) is 2.94. The van der Waals surface area contributed by atoms with Gasteiger partial charge in [0.25, 0.3) is 5.69 Å². The second-order valence-corrected chi connectivity index (χ2v) is 4.30. The summed E-state index contributed by atoms with van der Waals surface area (Å²) in [5.74, 6) is -0.275. The predicted molar refractivity (Wildman–Crippen MR) is 73.0 cm³/mol. The van der Waals surface area contributed by atoms with Crippen LogP contribution in [0.5, 0.6) is 5.75 Å². The summed E-state index contributed by atoms with van der Waals surface area (Å²) >= 11 is 3.16. The van der Waals surface area contributed by atoms with Gasteiger partial charge in [0.05, 0.1) is 24.2 Å². The van der Waals surface area contributed by atoms with Crippen molar-refractivity contribution < 1.29 is 19.2 Å². The molecule has 102 valence electrons. The van der Waals surface area contributed by atoms with Crippen LogP contribution in [0.1, 0.15) is 12.5 Å². The van der Waals surface area contributed by atoms with E-state index in [4.69, 9.17) is 9.47 Å². The van der Waals surface area contributed by atoms with Crippen LogP contribution in [-0.2, 0) is 9.53 Å². The van der Waals surface area contributed by atoms with Gasteiger partial charge < -0.3 is 9.47 Å². The molecule has 0 aliphatic heterocycles. The van der Waals surface area contributed by atoms with E-state index in [0.29, 0.717) is 10.2 Å². The molecule has 0 fully saturated rings. The van der Waals surface area contributed by atoms with Gasteiger partial charge >= 0.3 is 5.97 Å². The number of hydrogen-bond donors (Lipinski definition) is 0. The first-order valence-electron chi connectivity index (χ1n) is 5.36. The van der Waals surface area contributed by atoms with E-state index in [9.17, 15) is 14.9 Å². The SMILES string of the molecule is CCOC(=O)C=Cc1c(OC)cc(Br)cc1[N+](=O)[O-]. The molecular formula is C12H12BrNO5. The van der Waals surface area contributed by atoms with Gasteiger partial charge in [-0.1, -0.05) is 15.9 Å². The number of carbonyl (C=O) groups is 1. The van der Waals surface area contributed by atoms with Gasteiger partial charge in [0, 0.05) is 16.6 Å². The molecule has 0 N–H and O–H groups in total. The monoisotopic (exact) mass is 329 g/mol. The third-order valence-corrected chi connectivity index (χ3v) is 2.63. The number of hydrogen-bond acceptors (Lipinski definition) is 5. The molecule has 0 heterocycles. The Kier molecular flexibility index (Phi) is 5.50. The standard InChI is InChI=1S/C12H12BrNO5/c1-3-19-12(15)5-4-9-10(14(16)17)6-8(13)7-11(9)18-2/h4-7H,3H2,1-2H3. The Balaban J connectivity index is 3.23. The summed E-state index contributed by atoms with van der Waals surface area (Å²) in [5.41, 5.74) is 0.0514. The fraction of sp³-hybridized carbons (Fsp3) is 0.250. The van der Waals surface area contributed by atoms with Crippen LogP contribution in [-0.4, -0.2) is 24.6 Å². The molecule has 0 saturated heterocycles. The van der Waals surface area contributed by atoms with E-state index in [1.807, 2.05) is 0 Å². The molecule has 7 heteroatoms. The molecule has 0 saturated carbocycles. The Hall–Kier alpha value is -1.89. The van der Waals surface area contributed by atoms with Gasteiger partial charge in [0.2, 0.25) is 0 Å². The van der Waals surface area contributed by atoms with Gasteiger partial charge in [-0.05, 0) is 19.1 Å². The number of halogens is 1. The van der Waals surface area contributed by atoms with Gasteiger partial charge in [-0.2, -0.15) is 0 Å². The summed E-state index contributed by atoms with van der Waals surface area (Å²) in [6.07, 6.45) is 2.43. The maximum Gasteiger partial charge on any atom is 0.330 e. The lowest BCUT2D eigenvalue weighted by molar-refractivity contribution is -0.385. The highest BCUT2D eigenvalue weighted by atomic mass is 79.9. The van der Waals surface area contributed by atoms with E-state index in [0.717, 1.165) is 6.08 Å². The van der Waals surface area contributed by atoms with Gasteiger partial charge in [-0.15, -0.1) is 0 Å². The van der Waals surface area contributed by atoms with E-state index in [-0.39, 0.29) is 17.9 Å². The maximum absolute atomic E-state index is 11.2. The molecule has 0 aliphatic carbocycles.